The first-order valence-corrected chi connectivity index (χ1v) is 7.79. The molecule has 0 saturated heterocycles. The highest BCUT2D eigenvalue weighted by Gasteiger charge is 2.15. The normalized spacial score (nSPS) is 10.5. The third kappa shape index (κ3) is 3.54. The number of amides is 2. The summed E-state index contributed by atoms with van der Waals surface area (Å²) in [5.41, 5.74) is 6.33. The van der Waals surface area contributed by atoms with Crippen LogP contribution < -0.4 is 10.9 Å². The van der Waals surface area contributed by atoms with Gasteiger partial charge in [-0.2, -0.15) is 0 Å². The van der Waals surface area contributed by atoms with E-state index < -0.39 is 11.8 Å². The summed E-state index contributed by atoms with van der Waals surface area (Å²) in [5.74, 6) is -1.40. The van der Waals surface area contributed by atoms with E-state index >= 15 is 0 Å². The second-order valence-corrected chi connectivity index (χ2v) is 5.83. The number of carbonyl (C=O) groups is 2. The first-order chi connectivity index (χ1) is 12.0. The van der Waals surface area contributed by atoms with Crippen molar-refractivity contribution in [2.24, 2.45) is 0 Å². The molecule has 6 nitrogen and oxygen atoms in total. The van der Waals surface area contributed by atoms with Gasteiger partial charge in [-0.1, -0.05) is 29.8 Å². The molecular weight excluding hydrogens is 342 g/mol. The first-order valence-electron chi connectivity index (χ1n) is 7.41. The first kappa shape index (κ1) is 16.7. The van der Waals surface area contributed by atoms with Gasteiger partial charge in [0, 0.05) is 16.1 Å². The molecule has 3 rings (SSSR count). The van der Waals surface area contributed by atoms with Crippen LogP contribution in [-0.2, 0) is 0 Å². The number of hydrazine groups is 1. The molecule has 0 saturated carbocycles. The molecule has 2 aromatic carbocycles. The molecule has 1 aromatic heterocycles. The summed E-state index contributed by atoms with van der Waals surface area (Å²) in [6.45, 7) is 1.78. The quantitative estimate of drug-likeness (QED) is 0.616. The van der Waals surface area contributed by atoms with Crippen LogP contribution in [0.5, 0.6) is 5.75 Å². The molecule has 2 amide bonds. The lowest BCUT2D eigenvalue weighted by Gasteiger charge is -2.11. The summed E-state index contributed by atoms with van der Waals surface area (Å²) < 4.78 is 0. The molecule has 3 N–H and O–H groups in total. The SMILES string of the molecule is Cc1cc(C(=O)NNC(=O)c2cc(Cl)ccc2O)c2ccccc2n1. The van der Waals surface area contributed by atoms with Crippen molar-refractivity contribution in [2.45, 2.75) is 6.92 Å². The number of nitrogens with zero attached hydrogens (tertiary/aromatic N) is 1. The van der Waals surface area contributed by atoms with Gasteiger partial charge >= 0.3 is 0 Å². The molecular formula is C18H14ClN3O3. The minimum atomic E-state index is -0.677. The minimum Gasteiger partial charge on any atom is -0.507 e. The molecule has 0 fully saturated rings. The number of aromatic hydroxyl groups is 1. The molecule has 7 heteroatoms. The summed E-state index contributed by atoms with van der Waals surface area (Å²) in [5, 5.41) is 10.7. The Bertz CT molecular complexity index is 988. The fraction of sp³-hybridized carbons (Fsp3) is 0.0556. The molecule has 0 aliphatic heterocycles. The Balaban J connectivity index is 1.81. The van der Waals surface area contributed by atoms with Gasteiger partial charge in [0.1, 0.15) is 5.75 Å². The predicted molar refractivity (Wildman–Crippen MR) is 94.5 cm³/mol. The Kier molecular flexibility index (Phi) is 4.54. The van der Waals surface area contributed by atoms with Gasteiger partial charge in [-0.05, 0) is 37.3 Å². The fourth-order valence-corrected chi connectivity index (χ4v) is 2.61. The van der Waals surface area contributed by atoms with Crippen molar-refractivity contribution >= 4 is 34.3 Å². The third-order valence-electron chi connectivity index (χ3n) is 3.58. The van der Waals surface area contributed by atoms with Crippen molar-refractivity contribution in [3.63, 3.8) is 0 Å². The molecule has 0 radical (unpaired) electrons. The summed E-state index contributed by atoms with van der Waals surface area (Å²) in [6, 6.07) is 12.9. The highest BCUT2D eigenvalue weighted by atomic mass is 35.5. The van der Waals surface area contributed by atoms with Gasteiger partial charge in [-0.25, -0.2) is 0 Å². The average Bonchev–Trinajstić information content (AvgIpc) is 2.60. The Morgan fingerprint density at radius 2 is 1.68 bits per heavy atom. The highest BCUT2D eigenvalue weighted by molar-refractivity contribution is 6.31. The summed E-state index contributed by atoms with van der Waals surface area (Å²) in [6.07, 6.45) is 0. The monoisotopic (exact) mass is 355 g/mol. The summed E-state index contributed by atoms with van der Waals surface area (Å²) in [4.78, 5) is 29.0. The summed E-state index contributed by atoms with van der Waals surface area (Å²) in [7, 11) is 0. The Labute approximate surface area is 148 Å². The van der Waals surface area contributed by atoms with Crippen LogP contribution >= 0.6 is 11.6 Å². The zero-order valence-electron chi connectivity index (χ0n) is 13.2. The zero-order valence-corrected chi connectivity index (χ0v) is 14.0. The molecule has 0 unspecified atom stereocenters. The maximum atomic E-state index is 12.5. The van der Waals surface area contributed by atoms with E-state index in [0.29, 0.717) is 27.2 Å². The molecule has 3 aromatic rings. The number of halogens is 1. The number of carbonyl (C=O) groups excluding carboxylic acids is 2. The smallest absolute Gasteiger partial charge is 0.273 e. The summed E-state index contributed by atoms with van der Waals surface area (Å²) >= 11 is 5.82. The van der Waals surface area contributed by atoms with Gasteiger partial charge in [0.25, 0.3) is 11.8 Å². The fourth-order valence-electron chi connectivity index (χ4n) is 2.43. The van der Waals surface area contributed by atoms with E-state index in [1.54, 1.807) is 25.1 Å². The standard InChI is InChI=1S/C18H14ClN3O3/c1-10-8-13(12-4-2-3-5-15(12)20-10)17(24)21-22-18(25)14-9-11(19)6-7-16(14)23/h2-9,23H,1H3,(H,21,24)(H,22,25). The van der Waals surface area contributed by atoms with Crippen LogP contribution in [0.15, 0.2) is 48.5 Å². The molecule has 25 heavy (non-hydrogen) atoms. The number of phenols is 1. The van der Waals surface area contributed by atoms with Crippen molar-refractivity contribution < 1.29 is 14.7 Å². The number of fused-ring (bicyclic) bond motifs is 1. The zero-order chi connectivity index (χ0) is 18.0. The van der Waals surface area contributed by atoms with E-state index in [1.807, 2.05) is 12.1 Å². The van der Waals surface area contributed by atoms with Crippen LogP contribution in [0.25, 0.3) is 10.9 Å². The lowest BCUT2D eigenvalue weighted by Crippen LogP contribution is -2.41. The van der Waals surface area contributed by atoms with E-state index in [0.717, 1.165) is 0 Å². The van der Waals surface area contributed by atoms with Crippen LogP contribution in [0.4, 0.5) is 0 Å². The number of aryl methyl sites for hydroxylation is 1. The average molecular weight is 356 g/mol. The number of para-hydroxylation sites is 1. The third-order valence-corrected chi connectivity index (χ3v) is 3.82. The molecule has 1 heterocycles. The highest BCUT2D eigenvalue weighted by Crippen LogP contribution is 2.21. The molecule has 0 aliphatic rings. The number of hydrogen-bond donors (Lipinski definition) is 3. The van der Waals surface area contributed by atoms with Crippen molar-refractivity contribution in [3.05, 3.63) is 70.4 Å². The second kappa shape index (κ2) is 6.78. The van der Waals surface area contributed by atoms with Gasteiger partial charge in [-0.15, -0.1) is 0 Å². The van der Waals surface area contributed by atoms with E-state index in [2.05, 4.69) is 15.8 Å². The van der Waals surface area contributed by atoms with Crippen LogP contribution in [0.3, 0.4) is 0 Å². The van der Waals surface area contributed by atoms with Gasteiger partial charge in [0.05, 0.1) is 16.6 Å². The predicted octanol–water partition coefficient (Wildman–Crippen LogP) is 2.98. The van der Waals surface area contributed by atoms with Crippen LogP contribution in [0.2, 0.25) is 5.02 Å². The molecule has 0 aliphatic carbocycles. The topological polar surface area (TPSA) is 91.3 Å². The lowest BCUT2D eigenvalue weighted by atomic mass is 10.1. The maximum absolute atomic E-state index is 12.5. The van der Waals surface area contributed by atoms with E-state index in [9.17, 15) is 14.7 Å². The van der Waals surface area contributed by atoms with Crippen molar-refractivity contribution in [1.29, 1.82) is 0 Å². The number of pyridine rings is 1. The number of hydrogen-bond acceptors (Lipinski definition) is 4. The second-order valence-electron chi connectivity index (χ2n) is 5.40. The number of benzene rings is 2. The molecule has 0 bridgehead atoms. The maximum Gasteiger partial charge on any atom is 0.273 e. The van der Waals surface area contributed by atoms with Crippen molar-refractivity contribution in [1.82, 2.24) is 15.8 Å². The molecule has 126 valence electrons. The van der Waals surface area contributed by atoms with Crippen LogP contribution in [0.1, 0.15) is 26.4 Å². The Hall–Kier alpha value is -3.12. The van der Waals surface area contributed by atoms with Crippen LogP contribution in [-0.4, -0.2) is 21.9 Å². The van der Waals surface area contributed by atoms with Gasteiger partial charge in [0.2, 0.25) is 0 Å². The Morgan fingerprint density at radius 3 is 2.44 bits per heavy atom. The number of aromatic nitrogens is 1. The van der Waals surface area contributed by atoms with E-state index in [-0.39, 0.29) is 11.3 Å². The largest absolute Gasteiger partial charge is 0.507 e. The van der Waals surface area contributed by atoms with E-state index in [1.165, 1.54) is 18.2 Å². The van der Waals surface area contributed by atoms with E-state index in [4.69, 9.17) is 11.6 Å². The van der Waals surface area contributed by atoms with Gasteiger partial charge < -0.3 is 5.11 Å². The minimum absolute atomic E-state index is 0.0384. The molecule has 0 atom stereocenters. The van der Waals surface area contributed by atoms with Crippen molar-refractivity contribution in [2.75, 3.05) is 0 Å². The number of phenolic OH excluding ortho intramolecular Hbond substituents is 1. The lowest BCUT2D eigenvalue weighted by molar-refractivity contribution is 0.0846. The van der Waals surface area contributed by atoms with Gasteiger partial charge in [0.15, 0.2) is 0 Å². The molecule has 0 spiro atoms. The number of rotatable bonds is 2. The van der Waals surface area contributed by atoms with Gasteiger partial charge in [-0.3, -0.25) is 25.4 Å². The number of nitrogens with one attached hydrogen (secondary N) is 2. The Morgan fingerprint density at radius 1 is 1.00 bits per heavy atom. The van der Waals surface area contributed by atoms with Crippen molar-refractivity contribution in [3.8, 4) is 5.75 Å². The van der Waals surface area contributed by atoms with Crippen LogP contribution in [0, 0.1) is 6.92 Å².